The van der Waals surface area contributed by atoms with E-state index >= 15 is 0 Å². The van der Waals surface area contributed by atoms with Crippen molar-refractivity contribution in [1.29, 1.82) is 0 Å². The van der Waals surface area contributed by atoms with Gasteiger partial charge in [-0.3, -0.25) is 9.48 Å². The molecule has 1 saturated heterocycles. The first-order valence-corrected chi connectivity index (χ1v) is 8.59. The van der Waals surface area contributed by atoms with Gasteiger partial charge in [-0.1, -0.05) is 12.1 Å². The Balaban J connectivity index is 1.68. The van der Waals surface area contributed by atoms with Crippen LogP contribution in [0.1, 0.15) is 54.3 Å². The lowest BCUT2D eigenvalue weighted by Crippen LogP contribution is -2.40. The van der Waals surface area contributed by atoms with Crippen LogP contribution in [-0.4, -0.2) is 43.8 Å². The summed E-state index contributed by atoms with van der Waals surface area (Å²) in [6.45, 7) is 7.42. The minimum atomic E-state index is 0.151. The van der Waals surface area contributed by atoms with Crippen LogP contribution in [0.3, 0.4) is 0 Å². The van der Waals surface area contributed by atoms with E-state index in [0.717, 1.165) is 48.6 Å². The summed E-state index contributed by atoms with van der Waals surface area (Å²) in [5.41, 5.74) is 3.03. The predicted molar refractivity (Wildman–Crippen MR) is 88.6 cm³/mol. The molecule has 2 aromatic heterocycles. The zero-order valence-corrected chi connectivity index (χ0v) is 14.9. The zero-order valence-electron chi connectivity index (χ0n) is 14.9. The summed E-state index contributed by atoms with van der Waals surface area (Å²) in [6.07, 6.45) is 3.11. The smallest absolute Gasteiger partial charge is 0.227 e. The number of aromatic nitrogens is 4. The van der Waals surface area contributed by atoms with E-state index in [1.807, 2.05) is 37.4 Å². The highest BCUT2D eigenvalue weighted by Crippen LogP contribution is 2.26. The van der Waals surface area contributed by atoms with Crippen molar-refractivity contribution >= 4 is 5.91 Å². The van der Waals surface area contributed by atoms with Gasteiger partial charge in [-0.05, 0) is 26.7 Å². The van der Waals surface area contributed by atoms with Crippen LogP contribution in [-0.2, 0) is 24.7 Å². The van der Waals surface area contributed by atoms with Crippen LogP contribution < -0.4 is 0 Å². The molecule has 0 radical (unpaired) electrons. The highest BCUT2D eigenvalue weighted by atomic mass is 16.5. The highest BCUT2D eigenvalue weighted by molar-refractivity contribution is 5.79. The maximum absolute atomic E-state index is 12.7. The molecule has 3 heterocycles. The van der Waals surface area contributed by atoms with Gasteiger partial charge in [0.1, 0.15) is 0 Å². The van der Waals surface area contributed by atoms with E-state index in [-0.39, 0.29) is 11.8 Å². The van der Waals surface area contributed by atoms with Gasteiger partial charge in [-0.25, -0.2) is 0 Å². The number of piperidine rings is 1. The van der Waals surface area contributed by atoms with E-state index in [9.17, 15) is 4.79 Å². The summed E-state index contributed by atoms with van der Waals surface area (Å²) in [5, 5.41) is 8.48. The molecule has 0 spiro atoms. The summed E-state index contributed by atoms with van der Waals surface area (Å²) in [4.78, 5) is 19.1. The van der Waals surface area contributed by atoms with Gasteiger partial charge >= 0.3 is 0 Å². The van der Waals surface area contributed by atoms with Gasteiger partial charge < -0.3 is 9.42 Å². The summed E-state index contributed by atoms with van der Waals surface area (Å²) in [5.74, 6) is 1.72. The average Bonchev–Trinajstić information content (AvgIpc) is 3.15. The molecular formula is C17H25N5O2. The van der Waals surface area contributed by atoms with Gasteiger partial charge in [0.2, 0.25) is 11.8 Å². The Morgan fingerprint density at radius 2 is 2.17 bits per heavy atom. The molecule has 1 aliphatic rings. The lowest BCUT2D eigenvalue weighted by atomic mass is 9.96. The third-order valence-corrected chi connectivity index (χ3v) is 4.91. The summed E-state index contributed by atoms with van der Waals surface area (Å²) in [6, 6.07) is 0. The largest absolute Gasteiger partial charge is 0.342 e. The molecule has 1 aliphatic heterocycles. The van der Waals surface area contributed by atoms with Crippen molar-refractivity contribution in [3.8, 4) is 0 Å². The Hall–Kier alpha value is -2.18. The second-order valence-electron chi connectivity index (χ2n) is 6.53. The number of likely N-dealkylation sites (tertiary alicyclic amines) is 1. The summed E-state index contributed by atoms with van der Waals surface area (Å²) < 4.78 is 7.05. The first kappa shape index (κ1) is 16.7. The quantitative estimate of drug-likeness (QED) is 0.855. The molecule has 7 heteroatoms. The number of nitrogens with zero attached hydrogens (tertiary/aromatic N) is 5. The van der Waals surface area contributed by atoms with E-state index in [2.05, 4.69) is 15.2 Å². The number of amides is 1. The van der Waals surface area contributed by atoms with E-state index in [0.29, 0.717) is 18.9 Å². The van der Waals surface area contributed by atoms with Crippen molar-refractivity contribution in [3.05, 3.63) is 28.7 Å². The van der Waals surface area contributed by atoms with Gasteiger partial charge in [0.05, 0.1) is 12.1 Å². The van der Waals surface area contributed by atoms with E-state index < -0.39 is 0 Å². The predicted octanol–water partition coefficient (Wildman–Crippen LogP) is 1.93. The molecule has 0 aromatic carbocycles. The van der Waals surface area contributed by atoms with Gasteiger partial charge in [-0.15, -0.1) is 0 Å². The van der Waals surface area contributed by atoms with Gasteiger partial charge in [0.25, 0.3) is 0 Å². The third-order valence-electron chi connectivity index (χ3n) is 4.91. The van der Waals surface area contributed by atoms with Crippen LogP contribution in [0.4, 0.5) is 0 Å². The van der Waals surface area contributed by atoms with Crippen molar-refractivity contribution in [3.63, 3.8) is 0 Å². The van der Waals surface area contributed by atoms with Gasteiger partial charge in [-0.2, -0.15) is 10.1 Å². The molecular weight excluding hydrogens is 306 g/mol. The van der Waals surface area contributed by atoms with Crippen LogP contribution in [0.25, 0.3) is 0 Å². The molecule has 0 saturated carbocycles. The van der Waals surface area contributed by atoms with Crippen molar-refractivity contribution in [1.82, 2.24) is 24.8 Å². The normalized spacial score (nSPS) is 18.2. The number of hydrogen-bond acceptors (Lipinski definition) is 5. The zero-order chi connectivity index (χ0) is 17.3. The summed E-state index contributed by atoms with van der Waals surface area (Å²) in [7, 11) is 1.91. The second-order valence-corrected chi connectivity index (χ2v) is 6.53. The molecule has 2 aromatic rings. The first-order chi connectivity index (χ1) is 11.5. The molecule has 1 atom stereocenters. The number of aryl methyl sites for hydroxylation is 3. The molecule has 24 heavy (non-hydrogen) atoms. The maximum Gasteiger partial charge on any atom is 0.227 e. The Morgan fingerprint density at radius 3 is 2.79 bits per heavy atom. The molecule has 130 valence electrons. The highest BCUT2D eigenvalue weighted by Gasteiger charge is 2.28. The van der Waals surface area contributed by atoms with Crippen molar-refractivity contribution in [2.24, 2.45) is 7.05 Å². The van der Waals surface area contributed by atoms with Crippen LogP contribution in [0.2, 0.25) is 0 Å². The topological polar surface area (TPSA) is 77.1 Å². The van der Waals surface area contributed by atoms with Crippen LogP contribution in [0.15, 0.2) is 4.52 Å². The Labute approximate surface area is 142 Å². The fourth-order valence-corrected chi connectivity index (χ4v) is 3.33. The Kier molecular flexibility index (Phi) is 4.69. The molecule has 0 aliphatic carbocycles. The third kappa shape index (κ3) is 3.20. The second kappa shape index (κ2) is 6.75. The number of rotatable bonds is 4. The van der Waals surface area contributed by atoms with Crippen molar-refractivity contribution in [2.75, 3.05) is 13.1 Å². The molecule has 0 N–H and O–H groups in total. The van der Waals surface area contributed by atoms with Gasteiger partial charge in [0.15, 0.2) is 5.82 Å². The Bertz CT molecular complexity index is 733. The molecule has 1 fully saturated rings. The standard InChI is InChI=1S/C17H25N5O2/c1-5-15-18-17(20-24-15)13-7-6-8-22(10-13)16(23)9-14-11(2)19-21(4)12(14)3/h13H,5-10H2,1-4H3/t13-/m1/s1. The van der Waals surface area contributed by atoms with Crippen LogP contribution in [0.5, 0.6) is 0 Å². The van der Waals surface area contributed by atoms with Gasteiger partial charge in [0, 0.05) is 43.7 Å². The van der Waals surface area contributed by atoms with Crippen LogP contribution >= 0.6 is 0 Å². The van der Waals surface area contributed by atoms with Crippen molar-refractivity contribution < 1.29 is 9.32 Å². The lowest BCUT2D eigenvalue weighted by Gasteiger charge is -2.31. The van der Waals surface area contributed by atoms with Crippen LogP contribution in [0, 0.1) is 13.8 Å². The number of carbonyl (C=O) groups excluding carboxylic acids is 1. The number of carbonyl (C=O) groups is 1. The minimum absolute atomic E-state index is 0.151. The monoisotopic (exact) mass is 331 g/mol. The fraction of sp³-hybridized carbons (Fsp3) is 0.647. The molecule has 0 bridgehead atoms. The average molecular weight is 331 g/mol. The van der Waals surface area contributed by atoms with E-state index in [1.165, 1.54) is 0 Å². The van der Waals surface area contributed by atoms with Crippen molar-refractivity contribution in [2.45, 2.75) is 52.4 Å². The fourth-order valence-electron chi connectivity index (χ4n) is 3.33. The van der Waals surface area contributed by atoms with E-state index in [1.54, 1.807) is 0 Å². The molecule has 0 unspecified atom stereocenters. The molecule has 1 amide bonds. The Morgan fingerprint density at radius 1 is 1.38 bits per heavy atom. The maximum atomic E-state index is 12.7. The SMILES string of the molecule is CCc1nc([C@@H]2CCCN(C(=O)Cc3c(C)nn(C)c3C)C2)no1. The number of hydrogen-bond donors (Lipinski definition) is 0. The lowest BCUT2D eigenvalue weighted by molar-refractivity contribution is -0.131. The molecule has 7 nitrogen and oxygen atoms in total. The van der Waals surface area contributed by atoms with E-state index in [4.69, 9.17) is 4.52 Å². The minimum Gasteiger partial charge on any atom is -0.342 e. The molecule has 3 rings (SSSR count). The summed E-state index contributed by atoms with van der Waals surface area (Å²) >= 11 is 0. The first-order valence-electron chi connectivity index (χ1n) is 8.59.